The van der Waals surface area contributed by atoms with E-state index in [9.17, 15) is 4.79 Å². The lowest BCUT2D eigenvalue weighted by Gasteiger charge is -1.89. The lowest BCUT2D eigenvalue weighted by molar-refractivity contribution is 0.0983. The van der Waals surface area contributed by atoms with Crippen molar-refractivity contribution in [2.45, 2.75) is 13.3 Å². The van der Waals surface area contributed by atoms with Crippen LogP contribution in [0.15, 0.2) is 36.4 Å². The van der Waals surface area contributed by atoms with E-state index in [1.54, 1.807) is 6.07 Å². The van der Waals surface area contributed by atoms with E-state index in [4.69, 9.17) is 0 Å². The molecule has 0 unspecified atom stereocenters. The standard InChI is InChI=1S/C14H14N2O/c1-2-14(17)13-10-12(15-16-13)9-8-11-6-4-3-5-7-11/h3-10H,2H2,1H3,(H,15,16). The number of rotatable bonds is 4. The van der Waals surface area contributed by atoms with Gasteiger partial charge in [0.15, 0.2) is 5.78 Å². The normalized spacial score (nSPS) is 10.9. The minimum Gasteiger partial charge on any atom is -0.292 e. The summed E-state index contributed by atoms with van der Waals surface area (Å²) in [7, 11) is 0. The number of nitrogens with one attached hydrogen (secondary N) is 1. The summed E-state index contributed by atoms with van der Waals surface area (Å²) in [6.45, 7) is 1.83. The highest BCUT2D eigenvalue weighted by atomic mass is 16.1. The van der Waals surface area contributed by atoms with Crippen molar-refractivity contribution in [3.8, 4) is 0 Å². The van der Waals surface area contributed by atoms with E-state index in [2.05, 4.69) is 10.2 Å². The molecule has 86 valence electrons. The molecule has 1 N–H and O–H groups in total. The number of aromatic nitrogens is 2. The van der Waals surface area contributed by atoms with Gasteiger partial charge in [-0.2, -0.15) is 5.10 Å². The number of hydrogen-bond acceptors (Lipinski definition) is 2. The summed E-state index contributed by atoms with van der Waals surface area (Å²) in [5.41, 5.74) is 2.45. The first-order valence-corrected chi connectivity index (χ1v) is 5.61. The zero-order valence-corrected chi connectivity index (χ0v) is 9.68. The average Bonchev–Trinajstić information content (AvgIpc) is 2.85. The van der Waals surface area contributed by atoms with Crippen molar-refractivity contribution in [3.05, 3.63) is 53.3 Å². The van der Waals surface area contributed by atoms with Crippen molar-refractivity contribution in [2.24, 2.45) is 0 Å². The summed E-state index contributed by atoms with van der Waals surface area (Å²) in [6, 6.07) is 11.8. The first-order chi connectivity index (χ1) is 8.29. The fourth-order valence-electron chi connectivity index (χ4n) is 1.50. The molecule has 0 amide bonds. The quantitative estimate of drug-likeness (QED) is 0.814. The second-order valence-corrected chi connectivity index (χ2v) is 3.73. The third-order valence-corrected chi connectivity index (χ3v) is 2.46. The van der Waals surface area contributed by atoms with Gasteiger partial charge in [0.25, 0.3) is 0 Å². The number of nitrogens with zero attached hydrogens (tertiary/aromatic N) is 1. The molecule has 1 heterocycles. The molecule has 0 atom stereocenters. The monoisotopic (exact) mass is 226 g/mol. The second kappa shape index (κ2) is 5.25. The highest BCUT2D eigenvalue weighted by Gasteiger charge is 2.06. The maximum Gasteiger partial charge on any atom is 0.182 e. The number of Topliss-reactive ketones (excluding diaryl/α,β-unsaturated/α-hetero) is 1. The van der Waals surface area contributed by atoms with Crippen molar-refractivity contribution in [2.75, 3.05) is 0 Å². The molecule has 3 nitrogen and oxygen atoms in total. The smallest absolute Gasteiger partial charge is 0.182 e. The summed E-state index contributed by atoms with van der Waals surface area (Å²) in [6.07, 6.45) is 4.37. The SMILES string of the molecule is CCC(=O)c1cc(C=Cc2ccccc2)[nH]n1. The Morgan fingerprint density at radius 3 is 2.76 bits per heavy atom. The molecule has 0 spiro atoms. The Bertz CT molecular complexity index is 526. The van der Waals surface area contributed by atoms with E-state index < -0.39 is 0 Å². The van der Waals surface area contributed by atoms with Gasteiger partial charge in [0, 0.05) is 6.42 Å². The Morgan fingerprint density at radius 2 is 2.06 bits per heavy atom. The van der Waals surface area contributed by atoms with E-state index in [-0.39, 0.29) is 5.78 Å². The zero-order chi connectivity index (χ0) is 12.1. The van der Waals surface area contributed by atoms with Gasteiger partial charge in [-0.25, -0.2) is 0 Å². The summed E-state index contributed by atoms with van der Waals surface area (Å²) in [4.78, 5) is 11.4. The molecule has 17 heavy (non-hydrogen) atoms. The van der Waals surface area contributed by atoms with E-state index in [0.717, 1.165) is 11.3 Å². The van der Waals surface area contributed by atoms with Gasteiger partial charge in [-0.05, 0) is 17.7 Å². The van der Waals surface area contributed by atoms with Crippen molar-refractivity contribution < 1.29 is 4.79 Å². The number of H-pyrrole nitrogens is 1. The van der Waals surface area contributed by atoms with Gasteiger partial charge >= 0.3 is 0 Å². The predicted octanol–water partition coefficient (Wildman–Crippen LogP) is 3.17. The van der Waals surface area contributed by atoms with Crippen LogP contribution in [0.25, 0.3) is 12.2 Å². The molecule has 0 fully saturated rings. The maximum absolute atomic E-state index is 11.4. The molecule has 0 saturated carbocycles. The highest BCUT2D eigenvalue weighted by Crippen LogP contribution is 2.08. The fraction of sp³-hybridized carbons (Fsp3) is 0.143. The Morgan fingerprint density at radius 1 is 1.29 bits per heavy atom. The zero-order valence-electron chi connectivity index (χ0n) is 9.68. The molecule has 0 bridgehead atoms. The molecule has 2 rings (SSSR count). The van der Waals surface area contributed by atoms with Crippen LogP contribution in [0.1, 0.15) is 35.1 Å². The molecule has 0 aliphatic carbocycles. The first-order valence-electron chi connectivity index (χ1n) is 5.61. The highest BCUT2D eigenvalue weighted by molar-refractivity contribution is 5.94. The number of benzene rings is 1. The lowest BCUT2D eigenvalue weighted by atomic mass is 10.2. The van der Waals surface area contributed by atoms with Crippen molar-refractivity contribution in [1.29, 1.82) is 0 Å². The molecular weight excluding hydrogens is 212 g/mol. The minimum atomic E-state index is 0.0561. The molecule has 0 aliphatic rings. The van der Waals surface area contributed by atoms with Crippen molar-refractivity contribution >= 4 is 17.9 Å². The van der Waals surface area contributed by atoms with Crippen LogP contribution >= 0.6 is 0 Å². The molecule has 0 saturated heterocycles. The molecule has 0 radical (unpaired) electrons. The van der Waals surface area contributed by atoms with E-state index >= 15 is 0 Å². The molecule has 2 aromatic rings. The van der Waals surface area contributed by atoms with Crippen LogP contribution in [0.4, 0.5) is 0 Å². The van der Waals surface area contributed by atoms with E-state index in [0.29, 0.717) is 12.1 Å². The van der Waals surface area contributed by atoms with Crippen LogP contribution in [-0.2, 0) is 0 Å². The first kappa shape index (κ1) is 11.3. The van der Waals surface area contributed by atoms with Gasteiger partial charge < -0.3 is 0 Å². The average molecular weight is 226 g/mol. The summed E-state index contributed by atoms with van der Waals surface area (Å²) in [5.74, 6) is 0.0561. The molecule has 0 aliphatic heterocycles. The Balaban J connectivity index is 2.12. The van der Waals surface area contributed by atoms with Gasteiger partial charge in [0.2, 0.25) is 0 Å². The number of aromatic amines is 1. The van der Waals surface area contributed by atoms with Crippen LogP contribution < -0.4 is 0 Å². The molecular formula is C14H14N2O. The van der Waals surface area contributed by atoms with Gasteiger partial charge in [-0.3, -0.25) is 9.89 Å². The van der Waals surface area contributed by atoms with Crippen LogP contribution in [0.5, 0.6) is 0 Å². The summed E-state index contributed by atoms with van der Waals surface area (Å²) in [5, 5.41) is 6.81. The fourth-order valence-corrected chi connectivity index (χ4v) is 1.50. The van der Waals surface area contributed by atoms with Gasteiger partial charge in [-0.1, -0.05) is 43.3 Å². The molecule has 1 aromatic carbocycles. The maximum atomic E-state index is 11.4. The van der Waals surface area contributed by atoms with E-state index in [1.807, 2.05) is 49.4 Å². The Hall–Kier alpha value is -2.16. The number of carbonyl (C=O) groups excluding carboxylic acids is 1. The van der Waals surface area contributed by atoms with Crippen molar-refractivity contribution in [1.82, 2.24) is 10.2 Å². The van der Waals surface area contributed by atoms with Gasteiger partial charge in [0.1, 0.15) is 5.69 Å². The predicted molar refractivity (Wildman–Crippen MR) is 68.6 cm³/mol. The van der Waals surface area contributed by atoms with E-state index in [1.165, 1.54) is 0 Å². The Kier molecular flexibility index (Phi) is 3.50. The van der Waals surface area contributed by atoms with Crippen LogP contribution in [0.3, 0.4) is 0 Å². The number of hydrogen-bond donors (Lipinski definition) is 1. The van der Waals surface area contributed by atoms with Crippen LogP contribution in [0.2, 0.25) is 0 Å². The Labute approximate surface area is 100 Å². The van der Waals surface area contributed by atoms with Crippen LogP contribution in [-0.4, -0.2) is 16.0 Å². The third kappa shape index (κ3) is 2.91. The van der Waals surface area contributed by atoms with Gasteiger partial charge in [0.05, 0.1) is 5.69 Å². The second-order valence-electron chi connectivity index (χ2n) is 3.73. The number of ketones is 1. The molecule has 1 aromatic heterocycles. The largest absolute Gasteiger partial charge is 0.292 e. The van der Waals surface area contributed by atoms with Crippen LogP contribution in [0, 0.1) is 0 Å². The minimum absolute atomic E-state index is 0.0561. The third-order valence-electron chi connectivity index (χ3n) is 2.46. The lowest BCUT2D eigenvalue weighted by Crippen LogP contribution is -1.95. The topological polar surface area (TPSA) is 45.8 Å². The number of carbonyl (C=O) groups is 1. The summed E-state index contributed by atoms with van der Waals surface area (Å²) < 4.78 is 0. The molecule has 3 heteroatoms. The summed E-state index contributed by atoms with van der Waals surface area (Å²) >= 11 is 0. The van der Waals surface area contributed by atoms with Crippen molar-refractivity contribution in [3.63, 3.8) is 0 Å². The van der Waals surface area contributed by atoms with Gasteiger partial charge in [-0.15, -0.1) is 0 Å².